The topological polar surface area (TPSA) is 66.0 Å². The van der Waals surface area contributed by atoms with E-state index >= 15 is 0 Å². The third kappa shape index (κ3) is 5.10. The molecule has 2 rings (SSSR count). The minimum Gasteiger partial charge on any atom is -0.357 e. The van der Waals surface area contributed by atoms with Crippen molar-refractivity contribution in [3.8, 4) is 0 Å². The standard InChI is InChI=1S/C11H17F3N6S/c1-15-8-17-9(16-4-7-21-11(12,13)14)19-10(18-8)20-5-2-3-6-20/h2-7H2,1H3,(H2,15,16,17,18,19). The lowest BCUT2D eigenvalue weighted by Gasteiger charge is -2.16. The Labute approximate surface area is 124 Å². The molecule has 1 aromatic rings. The van der Waals surface area contributed by atoms with Crippen LogP contribution in [-0.2, 0) is 0 Å². The maximum absolute atomic E-state index is 12.0. The van der Waals surface area contributed by atoms with Crippen molar-refractivity contribution >= 4 is 29.6 Å². The minimum atomic E-state index is -4.21. The third-order valence-corrected chi connectivity index (χ3v) is 3.62. The lowest BCUT2D eigenvalue weighted by atomic mass is 10.4. The average molecular weight is 322 g/mol. The summed E-state index contributed by atoms with van der Waals surface area (Å²) in [6, 6.07) is 0. The molecule has 1 aliphatic rings. The SMILES string of the molecule is CNc1nc(NCCSC(F)(F)F)nc(N2CCCC2)n1. The van der Waals surface area contributed by atoms with E-state index < -0.39 is 5.51 Å². The normalized spacial score (nSPS) is 15.3. The molecule has 0 aliphatic carbocycles. The Bertz CT molecular complexity index is 464. The van der Waals surface area contributed by atoms with Crippen LogP contribution in [0.1, 0.15) is 12.8 Å². The number of nitrogens with one attached hydrogen (secondary N) is 2. The van der Waals surface area contributed by atoms with Crippen LogP contribution in [0, 0.1) is 0 Å². The monoisotopic (exact) mass is 322 g/mol. The molecule has 118 valence electrons. The molecule has 0 unspecified atom stereocenters. The van der Waals surface area contributed by atoms with Crippen LogP contribution < -0.4 is 15.5 Å². The number of thioether (sulfide) groups is 1. The fraction of sp³-hybridized carbons (Fsp3) is 0.727. The molecule has 0 bridgehead atoms. The van der Waals surface area contributed by atoms with E-state index in [1.165, 1.54) is 0 Å². The first kappa shape index (κ1) is 15.9. The molecular weight excluding hydrogens is 305 g/mol. The molecule has 6 nitrogen and oxygen atoms in total. The first-order valence-electron chi connectivity index (χ1n) is 6.61. The lowest BCUT2D eigenvalue weighted by molar-refractivity contribution is -0.0327. The number of hydrogen-bond acceptors (Lipinski definition) is 7. The van der Waals surface area contributed by atoms with Crippen molar-refractivity contribution in [1.29, 1.82) is 0 Å². The van der Waals surface area contributed by atoms with Gasteiger partial charge in [0.1, 0.15) is 0 Å². The number of halogens is 3. The molecule has 0 aromatic carbocycles. The second kappa shape index (κ2) is 7.01. The molecule has 21 heavy (non-hydrogen) atoms. The van der Waals surface area contributed by atoms with E-state index in [2.05, 4.69) is 25.6 Å². The van der Waals surface area contributed by atoms with Crippen molar-refractivity contribution in [2.45, 2.75) is 18.3 Å². The third-order valence-electron chi connectivity index (χ3n) is 2.89. The van der Waals surface area contributed by atoms with E-state index in [0.29, 0.717) is 17.8 Å². The predicted molar refractivity (Wildman–Crippen MR) is 77.8 cm³/mol. The van der Waals surface area contributed by atoms with E-state index in [9.17, 15) is 13.2 Å². The van der Waals surface area contributed by atoms with E-state index in [1.54, 1.807) is 7.05 Å². The Hall–Kier alpha value is -1.45. The van der Waals surface area contributed by atoms with Crippen molar-refractivity contribution in [2.75, 3.05) is 48.0 Å². The van der Waals surface area contributed by atoms with Crippen LogP contribution in [0.5, 0.6) is 0 Å². The molecule has 0 atom stereocenters. The number of hydrogen-bond donors (Lipinski definition) is 2. The summed E-state index contributed by atoms with van der Waals surface area (Å²) in [6.07, 6.45) is 2.18. The molecule has 1 aromatic heterocycles. The van der Waals surface area contributed by atoms with Gasteiger partial charge in [0.15, 0.2) is 0 Å². The Morgan fingerprint density at radius 1 is 1.14 bits per heavy atom. The molecule has 0 saturated carbocycles. The fourth-order valence-electron chi connectivity index (χ4n) is 1.94. The van der Waals surface area contributed by atoms with Gasteiger partial charge in [-0.3, -0.25) is 0 Å². The van der Waals surface area contributed by atoms with Gasteiger partial charge in [0.05, 0.1) is 0 Å². The number of nitrogens with zero attached hydrogens (tertiary/aromatic N) is 4. The van der Waals surface area contributed by atoms with Gasteiger partial charge in [-0.2, -0.15) is 28.1 Å². The number of anilines is 3. The van der Waals surface area contributed by atoms with Gasteiger partial charge in [-0.15, -0.1) is 0 Å². The Balaban J connectivity index is 1.96. The lowest BCUT2D eigenvalue weighted by Crippen LogP contribution is -2.22. The number of alkyl halides is 3. The quantitative estimate of drug-likeness (QED) is 0.778. The zero-order valence-electron chi connectivity index (χ0n) is 11.6. The Kier molecular flexibility index (Phi) is 5.32. The summed E-state index contributed by atoms with van der Waals surface area (Å²) in [5, 5.41) is 5.64. The second-order valence-corrected chi connectivity index (χ2v) is 5.61. The average Bonchev–Trinajstić information content (AvgIpc) is 2.96. The number of aromatic nitrogens is 3. The van der Waals surface area contributed by atoms with Crippen molar-refractivity contribution < 1.29 is 13.2 Å². The summed E-state index contributed by atoms with van der Waals surface area (Å²) in [4.78, 5) is 14.7. The van der Waals surface area contributed by atoms with Crippen LogP contribution in [0.4, 0.5) is 31.0 Å². The van der Waals surface area contributed by atoms with E-state index in [4.69, 9.17) is 0 Å². The molecular formula is C11H17F3N6S. The minimum absolute atomic E-state index is 0.0674. The molecule has 1 aliphatic heterocycles. The first-order valence-corrected chi connectivity index (χ1v) is 7.60. The van der Waals surface area contributed by atoms with Crippen molar-refractivity contribution in [3.05, 3.63) is 0 Å². The van der Waals surface area contributed by atoms with Gasteiger partial charge in [-0.05, 0) is 24.6 Å². The van der Waals surface area contributed by atoms with Gasteiger partial charge in [-0.25, -0.2) is 0 Å². The van der Waals surface area contributed by atoms with Gasteiger partial charge < -0.3 is 15.5 Å². The number of rotatable bonds is 6. The summed E-state index contributed by atoms with van der Waals surface area (Å²) in [5.41, 5.74) is -4.21. The largest absolute Gasteiger partial charge is 0.441 e. The highest BCUT2D eigenvalue weighted by Gasteiger charge is 2.27. The summed E-state index contributed by atoms with van der Waals surface area (Å²) in [5.74, 6) is 1.15. The Morgan fingerprint density at radius 2 is 1.81 bits per heavy atom. The van der Waals surface area contributed by atoms with Gasteiger partial charge >= 0.3 is 5.51 Å². The highest BCUT2D eigenvalue weighted by Crippen LogP contribution is 2.29. The summed E-state index contributed by atoms with van der Waals surface area (Å²) < 4.78 is 36.1. The first-order chi connectivity index (χ1) is 9.98. The van der Waals surface area contributed by atoms with Crippen LogP contribution in [0.25, 0.3) is 0 Å². The van der Waals surface area contributed by atoms with Crippen molar-refractivity contribution in [1.82, 2.24) is 15.0 Å². The van der Waals surface area contributed by atoms with E-state index in [-0.39, 0.29) is 24.1 Å². The summed E-state index contributed by atoms with van der Waals surface area (Å²) in [7, 11) is 1.69. The molecule has 0 radical (unpaired) electrons. The van der Waals surface area contributed by atoms with E-state index in [0.717, 1.165) is 25.9 Å². The Morgan fingerprint density at radius 3 is 2.43 bits per heavy atom. The molecule has 0 amide bonds. The zero-order chi connectivity index (χ0) is 15.3. The molecule has 0 spiro atoms. The fourth-order valence-corrected chi connectivity index (χ4v) is 2.38. The van der Waals surface area contributed by atoms with Gasteiger partial charge in [0.25, 0.3) is 0 Å². The van der Waals surface area contributed by atoms with Crippen LogP contribution in [0.3, 0.4) is 0 Å². The predicted octanol–water partition coefficient (Wildman–Crippen LogP) is 2.18. The molecule has 2 heterocycles. The van der Waals surface area contributed by atoms with Crippen molar-refractivity contribution in [2.24, 2.45) is 0 Å². The van der Waals surface area contributed by atoms with Crippen molar-refractivity contribution in [3.63, 3.8) is 0 Å². The highest BCUT2D eigenvalue weighted by atomic mass is 32.2. The molecule has 1 fully saturated rings. The smallest absolute Gasteiger partial charge is 0.357 e. The summed E-state index contributed by atoms with van der Waals surface area (Å²) in [6.45, 7) is 1.91. The highest BCUT2D eigenvalue weighted by molar-refractivity contribution is 8.00. The van der Waals surface area contributed by atoms with Crippen LogP contribution >= 0.6 is 11.8 Å². The van der Waals surface area contributed by atoms with Crippen LogP contribution in [-0.4, -0.2) is 52.9 Å². The maximum Gasteiger partial charge on any atom is 0.441 e. The molecule has 10 heteroatoms. The van der Waals surface area contributed by atoms with Gasteiger partial charge in [0, 0.05) is 32.4 Å². The zero-order valence-corrected chi connectivity index (χ0v) is 12.4. The molecule has 1 saturated heterocycles. The second-order valence-electron chi connectivity index (χ2n) is 4.45. The van der Waals surface area contributed by atoms with Gasteiger partial charge in [0.2, 0.25) is 17.8 Å². The maximum atomic E-state index is 12.0. The molecule has 2 N–H and O–H groups in total. The van der Waals surface area contributed by atoms with Crippen LogP contribution in [0.2, 0.25) is 0 Å². The van der Waals surface area contributed by atoms with Gasteiger partial charge in [-0.1, -0.05) is 0 Å². The summed E-state index contributed by atoms with van der Waals surface area (Å²) >= 11 is -0.0674. The van der Waals surface area contributed by atoms with Crippen LogP contribution in [0.15, 0.2) is 0 Å². The van der Waals surface area contributed by atoms with E-state index in [1.807, 2.05) is 4.90 Å².